The van der Waals surface area contributed by atoms with Crippen LogP contribution in [0.3, 0.4) is 0 Å². The highest BCUT2D eigenvalue weighted by Gasteiger charge is 2.31. The van der Waals surface area contributed by atoms with Gasteiger partial charge in [-0.05, 0) is 18.6 Å². The number of hydrogen-bond acceptors (Lipinski definition) is 7. The Morgan fingerprint density at radius 2 is 1.82 bits per heavy atom. The number of nitrogens with one attached hydrogen (secondary N) is 1. The predicted octanol–water partition coefficient (Wildman–Crippen LogP) is 1.53. The highest BCUT2D eigenvalue weighted by molar-refractivity contribution is 7.92. The van der Waals surface area contributed by atoms with Gasteiger partial charge < -0.3 is 15.0 Å². The standard InChI is InChI=1S/C21H26N4O7S/c1-15(21(27)22-2)23(13-16-8-6-5-7-9-16)20(26)14-24(33(4,30)31)18-12-17(25(28)29)10-11-19(18)32-3/h5-12,15H,13-14H2,1-4H3,(H,22,27). The lowest BCUT2D eigenvalue weighted by atomic mass is 10.1. The summed E-state index contributed by atoms with van der Waals surface area (Å²) in [7, 11) is -1.35. The molecule has 0 aliphatic carbocycles. The lowest BCUT2D eigenvalue weighted by Crippen LogP contribution is -2.50. The van der Waals surface area contributed by atoms with Gasteiger partial charge in [-0.15, -0.1) is 0 Å². The van der Waals surface area contributed by atoms with Crippen LogP contribution in [0, 0.1) is 10.1 Å². The van der Waals surface area contributed by atoms with Crippen molar-refractivity contribution in [2.45, 2.75) is 19.5 Å². The topological polar surface area (TPSA) is 139 Å². The van der Waals surface area contributed by atoms with Crippen LogP contribution in [-0.2, 0) is 26.2 Å². The van der Waals surface area contributed by atoms with Crippen LogP contribution in [0.1, 0.15) is 12.5 Å². The number of carbonyl (C=O) groups is 2. The molecule has 0 aromatic heterocycles. The minimum absolute atomic E-state index is 0.0350. The minimum atomic E-state index is -4.06. The van der Waals surface area contributed by atoms with Crippen LogP contribution in [0.15, 0.2) is 48.5 Å². The van der Waals surface area contributed by atoms with Gasteiger partial charge in [0.2, 0.25) is 21.8 Å². The van der Waals surface area contributed by atoms with Gasteiger partial charge in [0.05, 0.1) is 18.3 Å². The number of ether oxygens (including phenoxy) is 1. The molecular weight excluding hydrogens is 452 g/mol. The summed E-state index contributed by atoms with van der Waals surface area (Å²) in [5, 5.41) is 13.7. The molecule has 0 aliphatic rings. The van der Waals surface area contributed by atoms with Gasteiger partial charge in [0, 0.05) is 25.7 Å². The molecule has 0 bridgehead atoms. The number of benzene rings is 2. The minimum Gasteiger partial charge on any atom is -0.495 e. The first-order valence-electron chi connectivity index (χ1n) is 9.84. The number of likely N-dealkylation sites (N-methyl/N-ethyl adjacent to an activating group) is 1. The zero-order valence-corrected chi connectivity index (χ0v) is 19.5. The van der Waals surface area contributed by atoms with E-state index in [1.54, 1.807) is 30.3 Å². The Morgan fingerprint density at radius 3 is 2.33 bits per heavy atom. The highest BCUT2D eigenvalue weighted by atomic mass is 32.2. The lowest BCUT2D eigenvalue weighted by Gasteiger charge is -2.31. The molecule has 1 atom stereocenters. The predicted molar refractivity (Wildman–Crippen MR) is 122 cm³/mol. The third-order valence-electron chi connectivity index (χ3n) is 4.93. The summed E-state index contributed by atoms with van der Waals surface area (Å²) in [4.78, 5) is 37.4. The van der Waals surface area contributed by atoms with Crippen molar-refractivity contribution < 1.29 is 27.7 Å². The number of nitrogens with zero attached hydrogens (tertiary/aromatic N) is 3. The molecule has 1 unspecified atom stereocenters. The SMILES string of the molecule is CNC(=O)C(C)N(Cc1ccccc1)C(=O)CN(c1cc([N+](=O)[O-])ccc1OC)S(C)(=O)=O. The summed E-state index contributed by atoms with van der Waals surface area (Å²) < 4.78 is 31.1. The van der Waals surface area contributed by atoms with Crippen molar-refractivity contribution in [3.05, 3.63) is 64.2 Å². The second-order valence-corrected chi connectivity index (χ2v) is 9.09. The van der Waals surface area contributed by atoms with E-state index in [1.165, 1.54) is 38.1 Å². The summed E-state index contributed by atoms with van der Waals surface area (Å²) in [6.07, 6.45) is 0.877. The molecule has 178 valence electrons. The molecule has 2 rings (SSSR count). The zero-order valence-electron chi connectivity index (χ0n) is 18.7. The molecule has 1 N–H and O–H groups in total. The molecule has 2 aromatic carbocycles. The number of carbonyl (C=O) groups excluding carboxylic acids is 2. The monoisotopic (exact) mass is 478 g/mol. The summed E-state index contributed by atoms with van der Waals surface area (Å²) >= 11 is 0. The number of non-ortho nitro benzene ring substituents is 1. The number of amides is 2. The van der Waals surface area contributed by atoms with Crippen molar-refractivity contribution in [1.29, 1.82) is 0 Å². The van der Waals surface area contributed by atoms with E-state index in [1.807, 2.05) is 0 Å². The van der Waals surface area contributed by atoms with Gasteiger partial charge in [0.1, 0.15) is 24.0 Å². The fourth-order valence-electron chi connectivity index (χ4n) is 3.15. The number of rotatable bonds is 10. The van der Waals surface area contributed by atoms with E-state index >= 15 is 0 Å². The highest BCUT2D eigenvalue weighted by Crippen LogP contribution is 2.33. The van der Waals surface area contributed by atoms with Crippen molar-refractivity contribution in [3.63, 3.8) is 0 Å². The molecule has 0 heterocycles. The molecule has 0 saturated heterocycles. The molecule has 2 amide bonds. The summed E-state index contributed by atoms with van der Waals surface area (Å²) in [6.45, 7) is 0.890. The first-order valence-corrected chi connectivity index (χ1v) is 11.7. The van der Waals surface area contributed by atoms with Crippen molar-refractivity contribution in [1.82, 2.24) is 10.2 Å². The normalized spacial score (nSPS) is 11.9. The van der Waals surface area contributed by atoms with Crippen LogP contribution < -0.4 is 14.4 Å². The van der Waals surface area contributed by atoms with E-state index in [0.717, 1.165) is 22.2 Å². The third kappa shape index (κ3) is 6.42. The Bertz CT molecular complexity index is 1120. The molecule has 2 aromatic rings. The number of nitro benzene ring substituents is 1. The quantitative estimate of drug-likeness (QED) is 0.403. The van der Waals surface area contributed by atoms with Gasteiger partial charge in [0.15, 0.2) is 0 Å². The van der Waals surface area contributed by atoms with E-state index in [4.69, 9.17) is 4.74 Å². The molecule has 33 heavy (non-hydrogen) atoms. The van der Waals surface area contributed by atoms with Crippen molar-refractivity contribution in [2.24, 2.45) is 0 Å². The fraction of sp³-hybridized carbons (Fsp3) is 0.333. The van der Waals surface area contributed by atoms with Crippen molar-refractivity contribution >= 4 is 33.2 Å². The first kappa shape index (κ1) is 25.6. The maximum atomic E-state index is 13.3. The van der Waals surface area contributed by atoms with E-state index in [-0.39, 0.29) is 23.7 Å². The summed E-state index contributed by atoms with van der Waals surface area (Å²) in [5.41, 5.74) is 0.210. The maximum Gasteiger partial charge on any atom is 0.271 e. The summed E-state index contributed by atoms with van der Waals surface area (Å²) in [6, 6.07) is 11.4. The molecule has 0 saturated carbocycles. The Morgan fingerprint density at radius 1 is 1.18 bits per heavy atom. The van der Waals surface area contributed by atoms with Gasteiger partial charge in [0.25, 0.3) is 5.69 Å². The fourth-order valence-corrected chi connectivity index (χ4v) is 4.00. The second-order valence-electron chi connectivity index (χ2n) is 7.18. The number of anilines is 1. The van der Waals surface area contributed by atoms with Crippen LogP contribution in [0.5, 0.6) is 5.75 Å². The Kier molecular flexibility index (Phi) is 8.35. The number of nitro groups is 1. The van der Waals surface area contributed by atoms with Crippen LogP contribution in [0.25, 0.3) is 0 Å². The first-order chi connectivity index (χ1) is 15.5. The second kappa shape index (κ2) is 10.8. The smallest absolute Gasteiger partial charge is 0.271 e. The number of hydrogen-bond donors (Lipinski definition) is 1. The van der Waals surface area contributed by atoms with Crippen LogP contribution in [0.2, 0.25) is 0 Å². The molecule has 11 nitrogen and oxygen atoms in total. The van der Waals surface area contributed by atoms with Gasteiger partial charge in [-0.2, -0.15) is 0 Å². The van der Waals surface area contributed by atoms with Gasteiger partial charge in [-0.3, -0.25) is 24.0 Å². The van der Waals surface area contributed by atoms with Gasteiger partial charge >= 0.3 is 0 Å². The molecule has 12 heteroatoms. The molecular formula is C21H26N4O7S. The molecule has 0 aliphatic heterocycles. The summed E-state index contributed by atoms with van der Waals surface area (Å²) in [5.74, 6) is -1.07. The molecule has 0 fully saturated rings. The van der Waals surface area contributed by atoms with E-state index < -0.39 is 39.3 Å². The van der Waals surface area contributed by atoms with E-state index in [0.29, 0.717) is 0 Å². The lowest BCUT2D eigenvalue weighted by molar-refractivity contribution is -0.384. The Balaban J connectivity index is 2.50. The number of methoxy groups -OCH3 is 1. The van der Waals surface area contributed by atoms with Crippen molar-refractivity contribution in [2.75, 3.05) is 31.3 Å². The van der Waals surface area contributed by atoms with Crippen LogP contribution >= 0.6 is 0 Å². The van der Waals surface area contributed by atoms with E-state index in [2.05, 4.69) is 5.32 Å². The zero-order chi connectivity index (χ0) is 24.8. The third-order valence-corrected chi connectivity index (χ3v) is 6.06. The van der Waals surface area contributed by atoms with Gasteiger partial charge in [-0.25, -0.2) is 8.42 Å². The average molecular weight is 479 g/mol. The van der Waals surface area contributed by atoms with Crippen LogP contribution in [0.4, 0.5) is 11.4 Å². The number of sulfonamides is 1. The van der Waals surface area contributed by atoms with E-state index in [9.17, 15) is 28.1 Å². The van der Waals surface area contributed by atoms with Crippen molar-refractivity contribution in [3.8, 4) is 5.75 Å². The Labute approximate surface area is 192 Å². The van der Waals surface area contributed by atoms with Gasteiger partial charge in [-0.1, -0.05) is 30.3 Å². The Hall–Kier alpha value is -3.67. The van der Waals surface area contributed by atoms with Crippen LogP contribution in [-0.4, -0.2) is 63.1 Å². The molecule has 0 radical (unpaired) electrons. The maximum absolute atomic E-state index is 13.3. The average Bonchev–Trinajstić information content (AvgIpc) is 2.79. The largest absolute Gasteiger partial charge is 0.495 e. The molecule has 0 spiro atoms.